The van der Waals surface area contributed by atoms with Gasteiger partial charge in [0.1, 0.15) is 28.9 Å². The van der Waals surface area contributed by atoms with E-state index in [4.69, 9.17) is 19.3 Å². The fraction of sp³-hybridized carbons (Fsp3) is 0.250. The average molecular weight is 733 g/mol. The van der Waals surface area contributed by atoms with Crippen molar-refractivity contribution >= 4 is 50.0 Å². The zero-order valence-corrected chi connectivity index (χ0v) is 31.2. The average Bonchev–Trinajstić information content (AvgIpc) is 3.58. The van der Waals surface area contributed by atoms with Crippen molar-refractivity contribution in [2.24, 2.45) is 0 Å². The van der Waals surface area contributed by atoms with Crippen molar-refractivity contribution in [2.45, 2.75) is 11.9 Å². The minimum absolute atomic E-state index is 0.366. The van der Waals surface area contributed by atoms with Crippen LogP contribution in [-0.4, -0.2) is 88.9 Å². The van der Waals surface area contributed by atoms with Crippen LogP contribution in [0.2, 0.25) is 0 Å². The van der Waals surface area contributed by atoms with E-state index in [1.165, 1.54) is 0 Å². The van der Waals surface area contributed by atoms with E-state index < -0.39 is 10.0 Å². The second-order valence-electron chi connectivity index (χ2n) is 13.5. The summed E-state index contributed by atoms with van der Waals surface area (Å²) in [4.78, 5) is 24.8. The van der Waals surface area contributed by atoms with E-state index in [0.29, 0.717) is 35.7 Å². The fourth-order valence-electron chi connectivity index (χ4n) is 5.85. The number of rotatable bonds is 12. The molecule has 12 nitrogen and oxygen atoms in total. The van der Waals surface area contributed by atoms with Crippen LogP contribution in [0.15, 0.2) is 108 Å². The highest BCUT2D eigenvalue weighted by atomic mass is 32.3. The number of hydrogen-bond donors (Lipinski definition) is 3. The Morgan fingerprint density at radius 2 is 1.68 bits per heavy atom. The van der Waals surface area contributed by atoms with Crippen LogP contribution in [0, 0.1) is 6.92 Å². The van der Waals surface area contributed by atoms with Gasteiger partial charge in [-0.1, -0.05) is 48.0 Å². The molecule has 0 aliphatic carbocycles. The van der Waals surface area contributed by atoms with Gasteiger partial charge in [0.15, 0.2) is 0 Å². The molecule has 2 amide bonds. The summed E-state index contributed by atoms with van der Waals surface area (Å²) in [6.07, 6.45) is 8.18. The van der Waals surface area contributed by atoms with Crippen molar-refractivity contribution in [3.63, 3.8) is 0 Å². The van der Waals surface area contributed by atoms with E-state index in [2.05, 4.69) is 49.6 Å². The molecule has 4 aromatic carbocycles. The lowest BCUT2D eigenvalue weighted by Crippen LogP contribution is -2.38. The van der Waals surface area contributed by atoms with E-state index in [1.54, 1.807) is 16.9 Å². The monoisotopic (exact) mass is 732 g/mol. The maximum Gasteiger partial charge on any atom is 0.324 e. The van der Waals surface area contributed by atoms with Crippen molar-refractivity contribution in [3.05, 3.63) is 109 Å². The first-order valence-corrected chi connectivity index (χ1v) is 20.3. The topological polar surface area (TPSA) is 128 Å². The minimum atomic E-state index is -1.14. The molecule has 53 heavy (non-hydrogen) atoms. The van der Waals surface area contributed by atoms with E-state index in [0.717, 1.165) is 71.3 Å². The van der Waals surface area contributed by atoms with E-state index >= 15 is 0 Å². The molecule has 0 atom stereocenters. The van der Waals surface area contributed by atoms with Gasteiger partial charge in [0.2, 0.25) is 11.8 Å². The molecule has 7 rings (SSSR count). The van der Waals surface area contributed by atoms with Crippen LogP contribution >= 0.6 is 10.0 Å². The number of fused-ring (bicyclic) bond motifs is 1. The first-order chi connectivity index (χ1) is 25.7. The number of morpholine rings is 1. The van der Waals surface area contributed by atoms with Crippen LogP contribution in [0.25, 0.3) is 16.5 Å². The third-order valence-corrected chi connectivity index (χ3v) is 10.1. The summed E-state index contributed by atoms with van der Waals surface area (Å²) in [7, 11) is -1.14. The van der Waals surface area contributed by atoms with E-state index in [9.17, 15) is 4.79 Å². The van der Waals surface area contributed by atoms with Gasteiger partial charge in [-0.2, -0.15) is 10.1 Å². The number of aryl methyl sites for hydroxylation is 1. The summed E-state index contributed by atoms with van der Waals surface area (Å²) >= 11 is 0. The zero-order chi connectivity index (χ0) is 36.8. The van der Waals surface area contributed by atoms with Gasteiger partial charge in [-0.15, -0.1) is 0 Å². The van der Waals surface area contributed by atoms with Crippen LogP contribution in [-0.2, 0) is 4.74 Å². The minimum Gasteiger partial charge on any atom is -0.492 e. The molecule has 0 bridgehead atoms. The van der Waals surface area contributed by atoms with Crippen LogP contribution in [0.5, 0.6) is 17.4 Å². The molecule has 1 aliphatic rings. The van der Waals surface area contributed by atoms with Crippen LogP contribution < -0.4 is 25.4 Å². The lowest BCUT2D eigenvalue weighted by molar-refractivity contribution is 0.0322. The molecule has 3 heterocycles. The summed E-state index contributed by atoms with van der Waals surface area (Å²) in [6, 6.07) is 30.4. The molecule has 0 unspecified atom stereocenters. The lowest BCUT2D eigenvalue weighted by atomic mass is 10.1. The van der Waals surface area contributed by atoms with Gasteiger partial charge in [-0.3, -0.25) is 10.2 Å². The lowest BCUT2D eigenvalue weighted by Gasteiger charge is -2.26. The molecule has 6 aromatic rings. The maximum atomic E-state index is 13.5. The molecule has 1 fully saturated rings. The van der Waals surface area contributed by atoms with E-state index in [-0.39, 0.29) is 6.03 Å². The number of benzene rings is 4. The second kappa shape index (κ2) is 15.9. The van der Waals surface area contributed by atoms with Crippen molar-refractivity contribution in [1.82, 2.24) is 24.6 Å². The zero-order valence-electron chi connectivity index (χ0n) is 30.3. The van der Waals surface area contributed by atoms with E-state index in [1.807, 2.05) is 97.9 Å². The standard InChI is InChI=1S/C40H44N8O4S/c1-28-12-14-30(15-13-28)48-36(27-38(46-48)53(2,3)4)44-40(49)43-34-16-17-35(33-11-6-5-10-32(33)34)52-37-18-19-41-39(45-37)42-29-8-7-9-31(26-29)51-25-22-47-20-23-50-24-21-47/h5-19,26-27H,20-25H2,1-4H3,(H,41,42,45)(H2,43,44,49). The van der Waals surface area contributed by atoms with Crippen molar-refractivity contribution < 1.29 is 19.0 Å². The molecule has 13 heteroatoms. The number of amides is 2. The molecule has 3 N–H and O–H groups in total. The summed E-state index contributed by atoms with van der Waals surface area (Å²) in [5.74, 6) is 2.68. The largest absolute Gasteiger partial charge is 0.492 e. The number of urea groups is 1. The first-order valence-electron chi connectivity index (χ1n) is 17.4. The van der Waals surface area contributed by atoms with Crippen molar-refractivity contribution in [2.75, 3.05) is 74.2 Å². The number of aromatic nitrogens is 4. The number of anilines is 4. The molecule has 0 spiro atoms. The van der Waals surface area contributed by atoms with Gasteiger partial charge in [0.05, 0.1) is 24.6 Å². The quantitative estimate of drug-likeness (QED) is 0.115. The van der Waals surface area contributed by atoms with Gasteiger partial charge in [0.25, 0.3) is 0 Å². The predicted octanol–water partition coefficient (Wildman–Crippen LogP) is 8.07. The Kier molecular flexibility index (Phi) is 10.8. The second-order valence-corrected chi connectivity index (χ2v) is 17.6. The van der Waals surface area contributed by atoms with Gasteiger partial charge in [-0.05, 0) is 62.1 Å². The Bertz CT molecular complexity index is 2200. The molecular weight excluding hydrogens is 689 g/mol. The number of hydrogen-bond acceptors (Lipinski definition) is 9. The van der Waals surface area contributed by atoms with Crippen LogP contribution in [0.4, 0.5) is 27.9 Å². The highest BCUT2D eigenvalue weighted by molar-refractivity contribution is 8.32. The van der Waals surface area contributed by atoms with Gasteiger partial charge < -0.3 is 24.8 Å². The highest BCUT2D eigenvalue weighted by Gasteiger charge is 2.19. The molecule has 1 saturated heterocycles. The fourth-order valence-corrected chi connectivity index (χ4v) is 6.64. The Morgan fingerprint density at radius 1 is 0.887 bits per heavy atom. The summed E-state index contributed by atoms with van der Waals surface area (Å²) < 4.78 is 19.5. The molecular formula is C40H44N8O4S. The number of carbonyl (C=O) groups excluding carboxylic acids is 1. The van der Waals surface area contributed by atoms with Crippen molar-refractivity contribution in [1.29, 1.82) is 0 Å². The van der Waals surface area contributed by atoms with Gasteiger partial charge in [-0.25, -0.2) is 24.5 Å². The van der Waals surface area contributed by atoms with Crippen molar-refractivity contribution in [3.8, 4) is 23.1 Å². The molecule has 0 radical (unpaired) electrons. The summed E-state index contributed by atoms with van der Waals surface area (Å²) in [5, 5.41) is 16.8. The summed E-state index contributed by atoms with van der Waals surface area (Å²) in [6.45, 7) is 6.87. The smallest absolute Gasteiger partial charge is 0.324 e. The third kappa shape index (κ3) is 9.06. The first kappa shape index (κ1) is 35.8. The van der Waals surface area contributed by atoms with Crippen LogP contribution in [0.1, 0.15) is 5.56 Å². The highest BCUT2D eigenvalue weighted by Crippen LogP contribution is 2.45. The van der Waals surface area contributed by atoms with Crippen LogP contribution in [0.3, 0.4) is 0 Å². The SMILES string of the molecule is Cc1ccc(-n2nc(S(C)(C)C)cc2NC(=O)Nc2ccc(Oc3ccnc(Nc4cccc(OCCN5CCOCC5)c4)n3)c3ccccc23)cc1. The predicted molar refractivity (Wildman–Crippen MR) is 213 cm³/mol. The number of ether oxygens (including phenoxy) is 3. The molecule has 2 aromatic heterocycles. The Hall–Kier alpha value is -5.63. The Morgan fingerprint density at radius 3 is 2.47 bits per heavy atom. The Labute approximate surface area is 310 Å². The number of nitrogens with zero attached hydrogens (tertiary/aromatic N) is 5. The molecule has 1 aliphatic heterocycles. The molecule has 274 valence electrons. The van der Waals surface area contributed by atoms with Gasteiger partial charge in [0, 0.05) is 60.5 Å². The normalized spacial score (nSPS) is 13.7. The summed E-state index contributed by atoms with van der Waals surface area (Å²) in [5.41, 5.74) is 3.44. The molecule has 0 saturated carbocycles. The Balaban J connectivity index is 1.03. The van der Waals surface area contributed by atoms with Gasteiger partial charge >= 0.3 is 6.03 Å². The number of nitrogens with one attached hydrogen (secondary N) is 3. The maximum absolute atomic E-state index is 13.5. The third-order valence-electron chi connectivity index (χ3n) is 8.68. The number of carbonyl (C=O) groups is 1.